The molecule has 0 radical (unpaired) electrons. The number of nitrogens with one attached hydrogen (secondary N) is 1. The first-order chi connectivity index (χ1) is 11.5. The predicted molar refractivity (Wildman–Crippen MR) is 80.1 cm³/mol. The van der Waals surface area contributed by atoms with Gasteiger partial charge in [0, 0.05) is 6.42 Å². The molecule has 0 saturated heterocycles. The van der Waals surface area contributed by atoms with Gasteiger partial charge in [-0.05, 0) is 18.8 Å². The van der Waals surface area contributed by atoms with E-state index in [0.717, 1.165) is 19.3 Å². The molecular weight excluding hydrogens is 329 g/mol. The van der Waals surface area contributed by atoms with E-state index in [1.807, 2.05) is 5.32 Å². The van der Waals surface area contributed by atoms with Crippen LogP contribution in [0.15, 0.2) is 0 Å². The highest BCUT2D eigenvalue weighted by molar-refractivity contribution is 5.91. The van der Waals surface area contributed by atoms with Crippen LogP contribution in [0, 0.1) is 29.2 Å². The molecule has 1 aromatic carbocycles. The Hall–Kier alpha value is -1.66. The van der Waals surface area contributed by atoms with Gasteiger partial charge in [-0.15, -0.1) is 0 Å². The van der Waals surface area contributed by atoms with Crippen LogP contribution >= 0.6 is 0 Å². The second-order valence-corrected chi connectivity index (χ2v) is 6.19. The van der Waals surface area contributed by atoms with Crippen LogP contribution < -0.4 is 5.32 Å². The van der Waals surface area contributed by atoms with Crippen LogP contribution in [0.5, 0.6) is 0 Å². The van der Waals surface area contributed by atoms with Crippen LogP contribution in [0.2, 0.25) is 0 Å². The lowest BCUT2D eigenvalue weighted by atomic mass is 9.86. The van der Waals surface area contributed by atoms with E-state index in [9.17, 15) is 26.7 Å². The van der Waals surface area contributed by atoms with Crippen molar-refractivity contribution in [1.82, 2.24) is 0 Å². The van der Waals surface area contributed by atoms with Crippen LogP contribution in [0.3, 0.4) is 0 Å². The Labute approximate surface area is 137 Å². The van der Waals surface area contributed by atoms with Gasteiger partial charge in [0.15, 0.2) is 23.3 Å². The Bertz CT molecular complexity index is 570. The molecule has 1 fully saturated rings. The number of alkyl halides is 1. The molecule has 2 rings (SSSR count). The maximum atomic E-state index is 13.7. The van der Waals surface area contributed by atoms with E-state index in [1.165, 1.54) is 19.3 Å². The molecule has 0 aromatic heterocycles. The molecule has 2 nitrogen and oxygen atoms in total. The minimum Gasteiger partial charge on any atom is -0.321 e. The molecule has 1 aromatic rings. The van der Waals surface area contributed by atoms with Crippen molar-refractivity contribution in [3.05, 3.63) is 28.8 Å². The molecule has 1 saturated carbocycles. The summed E-state index contributed by atoms with van der Waals surface area (Å²) in [6, 6.07) is 0. The molecule has 1 aliphatic rings. The summed E-state index contributed by atoms with van der Waals surface area (Å²) in [6.45, 7) is -1.68. The minimum absolute atomic E-state index is 0.00345. The minimum atomic E-state index is -1.83. The van der Waals surface area contributed by atoms with Gasteiger partial charge in [-0.3, -0.25) is 4.79 Å². The fraction of sp³-hybridized carbons (Fsp3) is 0.588. The number of hydrogen-bond donors (Lipinski definition) is 1. The van der Waals surface area contributed by atoms with E-state index in [1.54, 1.807) is 0 Å². The van der Waals surface area contributed by atoms with Crippen molar-refractivity contribution >= 4 is 11.6 Å². The number of hydrogen-bond acceptors (Lipinski definition) is 1. The molecule has 0 heterocycles. The van der Waals surface area contributed by atoms with Crippen molar-refractivity contribution < 1.29 is 26.7 Å². The van der Waals surface area contributed by atoms with Crippen LogP contribution in [0.4, 0.5) is 27.6 Å². The second-order valence-electron chi connectivity index (χ2n) is 6.19. The van der Waals surface area contributed by atoms with Crippen molar-refractivity contribution in [1.29, 1.82) is 0 Å². The number of amides is 1. The molecule has 0 unspecified atom stereocenters. The largest absolute Gasteiger partial charge is 0.321 e. The first-order valence-electron chi connectivity index (χ1n) is 8.16. The fourth-order valence-corrected chi connectivity index (χ4v) is 3.13. The topological polar surface area (TPSA) is 29.1 Å². The highest BCUT2D eigenvalue weighted by atomic mass is 19.2. The molecule has 0 bridgehead atoms. The lowest BCUT2D eigenvalue weighted by Gasteiger charge is -2.21. The molecule has 24 heavy (non-hydrogen) atoms. The Morgan fingerprint density at radius 2 is 1.54 bits per heavy atom. The molecular formula is C17H20F5NO. The summed E-state index contributed by atoms with van der Waals surface area (Å²) >= 11 is 0. The van der Waals surface area contributed by atoms with Gasteiger partial charge in [0.25, 0.3) is 0 Å². The smallest absolute Gasteiger partial charge is 0.224 e. The third-order valence-electron chi connectivity index (χ3n) is 4.49. The third kappa shape index (κ3) is 4.24. The Kier molecular flexibility index (Phi) is 6.57. The molecule has 1 N–H and O–H groups in total. The fourth-order valence-electron chi connectivity index (χ4n) is 3.13. The van der Waals surface area contributed by atoms with Crippen LogP contribution in [-0.4, -0.2) is 5.91 Å². The number of carbonyl (C=O) groups excluding carboxylic acids is 1. The molecule has 1 amide bonds. The van der Waals surface area contributed by atoms with Crippen LogP contribution in [-0.2, 0) is 11.5 Å². The molecule has 7 heteroatoms. The van der Waals surface area contributed by atoms with Gasteiger partial charge >= 0.3 is 0 Å². The normalized spacial score (nSPS) is 15.5. The van der Waals surface area contributed by atoms with E-state index in [2.05, 4.69) is 0 Å². The average Bonchev–Trinajstić information content (AvgIpc) is 2.58. The summed E-state index contributed by atoms with van der Waals surface area (Å²) in [5.74, 6) is -7.40. The Balaban J connectivity index is 1.96. The van der Waals surface area contributed by atoms with E-state index < -0.39 is 47.1 Å². The monoisotopic (exact) mass is 349 g/mol. The number of benzene rings is 1. The zero-order valence-corrected chi connectivity index (χ0v) is 13.2. The predicted octanol–water partition coefficient (Wildman–Crippen LogP) is 5.40. The van der Waals surface area contributed by atoms with Crippen molar-refractivity contribution in [2.75, 3.05) is 5.32 Å². The highest BCUT2D eigenvalue weighted by Crippen LogP contribution is 2.30. The Morgan fingerprint density at radius 3 is 2.08 bits per heavy atom. The molecule has 1 aliphatic carbocycles. The summed E-state index contributed by atoms with van der Waals surface area (Å²) in [7, 11) is 0. The number of anilines is 1. The summed E-state index contributed by atoms with van der Waals surface area (Å²) in [6.07, 6.45) is 7.18. The third-order valence-corrected chi connectivity index (χ3v) is 4.49. The van der Waals surface area contributed by atoms with E-state index in [4.69, 9.17) is 0 Å². The molecule has 134 valence electrons. The molecule has 0 aliphatic heterocycles. The van der Waals surface area contributed by atoms with Gasteiger partial charge < -0.3 is 5.32 Å². The van der Waals surface area contributed by atoms with E-state index >= 15 is 0 Å². The van der Waals surface area contributed by atoms with E-state index in [0.29, 0.717) is 12.3 Å². The van der Waals surface area contributed by atoms with Gasteiger partial charge in [-0.25, -0.2) is 22.0 Å². The summed E-state index contributed by atoms with van der Waals surface area (Å²) in [4.78, 5) is 11.8. The van der Waals surface area contributed by atoms with Crippen molar-refractivity contribution in [3.8, 4) is 0 Å². The highest BCUT2D eigenvalue weighted by Gasteiger charge is 2.26. The van der Waals surface area contributed by atoms with Gasteiger partial charge in [0.05, 0.1) is 5.56 Å². The molecule has 0 atom stereocenters. The standard InChI is InChI=1S/C17H20F5NO/c18-9-11-13(19)15(21)17(16(22)14(11)20)23-12(24)8-4-7-10-5-2-1-3-6-10/h10H,1-9H2,(H,23,24). The zero-order valence-electron chi connectivity index (χ0n) is 13.2. The maximum Gasteiger partial charge on any atom is 0.224 e. The van der Waals surface area contributed by atoms with Gasteiger partial charge in [-0.2, -0.15) is 0 Å². The summed E-state index contributed by atoms with van der Waals surface area (Å²) in [5, 5.41) is 1.86. The summed E-state index contributed by atoms with van der Waals surface area (Å²) in [5.41, 5.74) is -2.52. The maximum absolute atomic E-state index is 13.7. The first-order valence-corrected chi connectivity index (χ1v) is 8.16. The van der Waals surface area contributed by atoms with Crippen molar-refractivity contribution in [3.63, 3.8) is 0 Å². The molecule has 0 spiro atoms. The number of carbonyl (C=O) groups is 1. The Morgan fingerprint density at radius 1 is 0.958 bits per heavy atom. The van der Waals surface area contributed by atoms with E-state index in [-0.39, 0.29) is 6.42 Å². The zero-order chi connectivity index (χ0) is 17.7. The van der Waals surface area contributed by atoms with Crippen LogP contribution in [0.1, 0.15) is 56.9 Å². The average molecular weight is 349 g/mol. The van der Waals surface area contributed by atoms with Crippen LogP contribution in [0.25, 0.3) is 0 Å². The second kappa shape index (κ2) is 8.44. The first kappa shape index (κ1) is 18.7. The summed E-state index contributed by atoms with van der Waals surface area (Å²) < 4.78 is 66.8. The van der Waals surface area contributed by atoms with Gasteiger partial charge in [0.2, 0.25) is 5.91 Å². The quantitative estimate of drug-likeness (QED) is 0.541. The van der Waals surface area contributed by atoms with Gasteiger partial charge in [-0.1, -0.05) is 32.1 Å². The van der Waals surface area contributed by atoms with Crippen molar-refractivity contribution in [2.45, 2.75) is 58.0 Å². The van der Waals surface area contributed by atoms with Gasteiger partial charge in [0.1, 0.15) is 12.4 Å². The lowest BCUT2D eigenvalue weighted by molar-refractivity contribution is -0.116. The number of halogens is 5. The van der Waals surface area contributed by atoms with Crippen molar-refractivity contribution in [2.24, 2.45) is 5.92 Å². The number of rotatable bonds is 6. The lowest BCUT2D eigenvalue weighted by Crippen LogP contribution is -2.17. The SMILES string of the molecule is O=C(CCCC1CCCCC1)Nc1c(F)c(F)c(CF)c(F)c1F.